The molecule has 0 radical (unpaired) electrons. The minimum Gasteiger partial charge on any atom is -0.394 e. The van der Waals surface area contributed by atoms with Crippen molar-refractivity contribution in [2.45, 2.75) is 38.0 Å². The molecule has 1 saturated heterocycles. The van der Waals surface area contributed by atoms with Crippen LogP contribution in [0.25, 0.3) is 0 Å². The van der Waals surface area contributed by atoms with Gasteiger partial charge in [-0.15, -0.1) is 0 Å². The molecule has 8 heteroatoms. The van der Waals surface area contributed by atoms with E-state index in [9.17, 15) is 19.4 Å². The van der Waals surface area contributed by atoms with Gasteiger partial charge in [-0.25, -0.2) is 9.18 Å². The predicted octanol–water partition coefficient (Wildman–Crippen LogP) is -0.560. The standard InChI is InChI=1S/C12H18FN3O4/c1-2-6-9(13)11(20-7(5-17)10(6)18)16-4-3-8(14)15-12(16)19/h3-4,6-7,9-11,17-18H,2,5H2,1H3,(H2,14,15,19)/t6?,7-,9?,10?,11-/m1/s1. The summed E-state index contributed by atoms with van der Waals surface area (Å²) in [6.45, 7) is 1.26. The Labute approximate surface area is 114 Å². The smallest absolute Gasteiger partial charge is 0.351 e. The Morgan fingerprint density at radius 1 is 1.60 bits per heavy atom. The van der Waals surface area contributed by atoms with Crippen molar-refractivity contribution in [3.8, 4) is 0 Å². The van der Waals surface area contributed by atoms with Crippen molar-refractivity contribution in [2.24, 2.45) is 5.92 Å². The zero-order valence-electron chi connectivity index (χ0n) is 11.0. The number of hydrogen-bond donors (Lipinski definition) is 3. The number of alkyl halides is 1. The van der Waals surface area contributed by atoms with Crippen molar-refractivity contribution in [1.29, 1.82) is 0 Å². The first-order chi connectivity index (χ1) is 9.49. The molecule has 0 amide bonds. The number of ether oxygens (including phenoxy) is 1. The molecule has 0 bridgehead atoms. The Bertz CT molecular complexity index is 524. The van der Waals surface area contributed by atoms with Crippen molar-refractivity contribution in [3.05, 3.63) is 22.7 Å². The molecule has 7 nitrogen and oxygen atoms in total. The van der Waals surface area contributed by atoms with Gasteiger partial charge in [0.25, 0.3) is 0 Å². The lowest BCUT2D eigenvalue weighted by atomic mass is 9.87. The SMILES string of the molecule is CCC1C(F)[C@H](n2ccc(N)nc2=O)O[C@H](CO)C1O. The molecule has 1 fully saturated rings. The number of anilines is 1. The van der Waals surface area contributed by atoms with Gasteiger partial charge in [0, 0.05) is 12.1 Å². The van der Waals surface area contributed by atoms with Crippen LogP contribution in [0.4, 0.5) is 10.2 Å². The van der Waals surface area contributed by atoms with Gasteiger partial charge in [-0.2, -0.15) is 4.98 Å². The first-order valence-electron chi connectivity index (χ1n) is 6.42. The van der Waals surface area contributed by atoms with Crippen molar-refractivity contribution >= 4 is 5.82 Å². The highest BCUT2D eigenvalue weighted by Gasteiger charge is 2.45. The summed E-state index contributed by atoms with van der Waals surface area (Å²) in [5.74, 6) is -0.696. The Kier molecular flexibility index (Phi) is 4.36. The van der Waals surface area contributed by atoms with Crippen LogP contribution in [-0.2, 0) is 4.74 Å². The summed E-state index contributed by atoms with van der Waals surface area (Å²) >= 11 is 0. The first-order valence-corrected chi connectivity index (χ1v) is 6.42. The summed E-state index contributed by atoms with van der Waals surface area (Å²) in [6.07, 6.45) is -3.23. The molecule has 112 valence electrons. The monoisotopic (exact) mass is 287 g/mol. The molecular formula is C12H18FN3O4. The van der Waals surface area contributed by atoms with E-state index in [0.29, 0.717) is 6.42 Å². The fourth-order valence-corrected chi connectivity index (χ4v) is 2.47. The molecular weight excluding hydrogens is 269 g/mol. The van der Waals surface area contributed by atoms with Gasteiger partial charge >= 0.3 is 5.69 Å². The Hall–Kier alpha value is -1.51. The van der Waals surface area contributed by atoms with Crippen LogP contribution in [0.15, 0.2) is 17.1 Å². The topological polar surface area (TPSA) is 111 Å². The average Bonchev–Trinajstić information content (AvgIpc) is 2.41. The van der Waals surface area contributed by atoms with Gasteiger partial charge in [0.15, 0.2) is 12.4 Å². The third-order valence-electron chi connectivity index (χ3n) is 3.59. The van der Waals surface area contributed by atoms with E-state index >= 15 is 0 Å². The van der Waals surface area contributed by atoms with E-state index in [4.69, 9.17) is 10.5 Å². The second-order valence-electron chi connectivity index (χ2n) is 4.80. The number of nitrogen functional groups attached to an aromatic ring is 1. The van der Waals surface area contributed by atoms with Gasteiger partial charge in [0.2, 0.25) is 0 Å². The lowest BCUT2D eigenvalue weighted by Gasteiger charge is -2.41. The van der Waals surface area contributed by atoms with Crippen molar-refractivity contribution < 1.29 is 19.3 Å². The van der Waals surface area contributed by atoms with E-state index < -0.39 is 42.8 Å². The summed E-state index contributed by atoms with van der Waals surface area (Å²) in [4.78, 5) is 15.3. The molecule has 0 aromatic carbocycles. The maximum Gasteiger partial charge on any atom is 0.351 e. The van der Waals surface area contributed by atoms with E-state index in [-0.39, 0.29) is 5.82 Å². The van der Waals surface area contributed by atoms with E-state index in [0.717, 1.165) is 4.57 Å². The second-order valence-corrected chi connectivity index (χ2v) is 4.80. The molecule has 2 rings (SSSR count). The molecule has 1 aliphatic rings. The summed E-state index contributed by atoms with van der Waals surface area (Å²) < 4.78 is 20.7. The van der Waals surface area contributed by atoms with Gasteiger partial charge < -0.3 is 20.7 Å². The Morgan fingerprint density at radius 2 is 2.30 bits per heavy atom. The van der Waals surface area contributed by atoms with Gasteiger partial charge in [-0.05, 0) is 12.5 Å². The van der Waals surface area contributed by atoms with Gasteiger partial charge in [0.1, 0.15) is 11.9 Å². The van der Waals surface area contributed by atoms with E-state index in [2.05, 4.69) is 4.98 Å². The third kappa shape index (κ3) is 2.54. The van der Waals surface area contributed by atoms with Crippen molar-refractivity contribution in [1.82, 2.24) is 9.55 Å². The highest BCUT2D eigenvalue weighted by Crippen LogP contribution is 2.35. The number of nitrogens with zero attached hydrogens (tertiary/aromatic N) is 2. The van der Waals surface area contributed by atoms with Crippen LogP contribution in [0.1, 0.15) is 19.6 Å². The van der Waals surface area contributed by atoms with Crippen LogP contribution in [0, 0.1) is 5.92 Å². The summed E-state index contributed by atoms with van der Waals surface area (Å²) in [6, 6.07) is 1.36. The molecule has 0 spiro atoms. The number of hydrogen-bond acceptors (Lipinski definition) is 6. The molecule has 0 saturated carbocycles. The van der Waals surface area contributed by atoms with Crippen LogP contribution in [0.2, 0.25) is 0 Å². The van der Waals surface area contributed by atoms with Gasteiger partial charge in [-0.1, -0.05) is 6.92 Å². The Morgan fingerprint density at radius 3 is 2.85 bits per heavy atom. The van der Waals surface area contributed by atoms with Gasteiger partial charge in [0.05, 0.1) is 12.7 Å². The van der Waals surface area contributed by atoms with Crippen LogP contribution >= 0.6 is 0 Å². The molecule has 0 aliphatic carbocycles. The number of halogens is 1. The summed E-state index contributed by atoms with van der Waals surface area (Å²) in [7, 11) is 0. The quantitative estimate of drug-likeness (QED) is 0.687. The fraction of sp³-hybridized carbons (Fsp3) is 0.667. The lowest BCUT2D eigenvalue weighted by molar-refractivity contribution is -0.217. The average molecular weight is 287 g/mol. The van der Waals surface area contributed by atoms with Crippen LogP contribution in [0.5, 0.6) is 0 Å². The second kappa shape index (κ2) is 5.86. The summed E-state index contributed by atoms with van der Waals surface area (Å²) in [5.41, 5.74) is 4.65. The minimum atomic E-state index is -1.58. The van der Waals surface area contributed by atoms with Crippen LogP contribution in [-0.4, -0.2) is 44.8 Å². The minimum absolute atomic E-state index is 0.0308. The molecule has 2 heterocycles. The lowest BCUT2D eigenvalue weighted by Crippen LogP contribution is -2.53. The molecule has 5 atom stereocenters. The molecule has 20 heavy (non-hydrogen) atoms. The summed E-state index contributed by atoms with van der Waals surface area (Å²) in [5, 5.41) is 19.1. The van der Waals surface area contributed by atoms with Gasteiger partial charge in [-0.3, -0.25) is 4.57 Å². The van der Waals surface area contributed by atoms with Crippen molar-refractivity contribution in [3.63, 3.8) is 0 Å². The maximum atomic E-state index is 14.5. The highest BCUT2D eigenvalue weighted by molar-refractivity contribution is 5.23. The zero-order chi connectivity index (χ0) is 14.9. The van der Waals surface area contributed by atoms with Crippen molar-refractivity contribution in [2.75, 3.05) is 12.3 Å². The molecule has 1 aromatic heterocycles. The number of nitrogens with two attached hydrogens (primary N) is 1. The number of aromatic nitrogens is 2. The number of rotatable bonds is 3. The highest BCUT2D eigenvalue weighted by atomic mass is 19.1. The third-order valence-corrected chi connectivity index (χ3v) is 3.59. The predicted molar refractivity (Wildman–Crippen MR) is 68.6 cm³/mol. The number of aliphatic hydroxyl groups is 2. The van der Waals surface area contributed by atoms with E-state index in [1.165, 1.54) is 12.3 Å². The number of aliphatic hydroxyl groups excluding tert-OH is 2. The maximum absolute atomic E-state index is 14.5. The molecule has 1 aromatic rings. The molecule has 4 N–H and O–H groups in total. The fourth-order valence-electron chi connectivity index (χ4n) is 2.47. The zero-order valence-corrected chi connectivity index (χ0v) is 11.0. The van der Waals surface area contributed by atoms with E-state index in [1.807, 2.05) is 0 Å². The molecule has 3 unspecified atom stereocenters. The normalized spacial score (nSPS) is 34.1. The largest absolute Gasteiger partial charge is 0.394 e. The van der Waals surface area contributed by atoms with Crippen LogP contribution < -0.4 is 11.4 Å². The van der Waals surface area contributed by atoms with E-state index in [1.54, 1.807) is 6.92 Å². The molecule has 1 aliphatic heterocycles. The Balaban J connectivity index is 2.37. The first kappa shape index (κ1) is 14.9. The van der Waals surface area contributed by atoms with Crippen LogP contribution in [0.3, 0.4) is 0 Å².